The molecule has 1 aliphatic heterocycles. The zero-order chi connectivity index (χ0) is 23.8. The lowest BCUT2D eigenvalue weighted by Crippen LogP contribution is -2.58. The quantitative estimate of drug-likeness (QED) is 0.441. The Morgan fingerprint density at radius 1 is 0.912 bits per heavy atom. The second kappa shape index (κ2) is 9.03. The highest BCUT2D eigenvalue weighted by Gasteiger charge is 2.33. The fraction of sp³-hybridized carbons (Fsp3) is 0.286. The van der Waals surface area contributed by atoms with Crippen molar-refractivity contribution in [2.45, 2.75) is 32.5 Å². The first-order chi connectivity index (χ1) is 16.4. The van der Waals surface area contributed by atoms with E-state index in [1.165, 1.54) is 12.1 Å². The minimum Gasteiger partial charge on any atom is -0.483 e. The summed E-state index contributed by atoms with van der Waals surface area (Å²) in [6.07, 6.45) is 0. The van der Waals surface area contributed by atoms with Gasteiger partial charge in [-0.2, -0.15) is 0 Å². The van der Waals surface area contributed by atoms with Crippen molar-refractivity contribution in [1.82, 2.24) is 9.80 Å². The number of amides is 1. The molecule has 0 radical (unpaired) electrons. The van der Waals surface area contributed by atoms with Gasteiger partial charge in [-0.25, -0.2) is 4.39 Å². The SMILES string of the molecule is C[C@@H]1CN(Cc2ccc(F)cc2)[C@@H](C)CN1C(=O)COc1cccc2c1C(=O)c1ccccc1-2. The molecule has 2 aliphatic rings. The fourth-order valence-corrected chi connectivity index (χ4v) is 4.97. The van der Waals surface area contributed by atoms with Crippen LogP contribution in [0.2, 0.25) is 0 Å². The number of carbonyl (C=O) groups is 2. The molecule has 3 aromatic rings. The van der Waals surface area contributed by atoms with Crippen molar-refractivity contribution in [3.05, 3.63) is 89.2 Å². The molecule has 1 fully saturated rings. The van der Waals surface area contributed by atoms with Crippen LogP contribution in [-0.4, -0.2) is 53.3 Å². The van der Waals surface area contributed by atoms with Gasteiger partial charge in [-0.3, -0.25) is 14.5 Å². The molecule has 0 saturated carbocycles. The van der Waals surface area contributed by atoms with E-state index in [2.05, 4.69) is 11.8 Å². The number of benzene rings is 3. The molecule has 5 nitrogen and oxygen atoms in total. The number of piperazine rings is 1. The molecule has 1 heterocycles. The Morgan fingerprint density at radius 2 is 1.62 bits per heavy atom. The van der Waals surface area contributed by atoms with Crippen molar-refractivity contribution in [2.24, 2.45) is 0 Å². The summed E-state index contributed by atoms with van der Waals surface area (Å²) >= 11 is 0. The molecule has 174 valence electrons. The highest BCUT2D eigenvalue weighted by Crippen LogP contribution is 2.40. The molecule has 5 rings (SSSR count). The van der Waals surface area contributed by atoms with Crippen molar-refractivity contribution in [3.63, 3.8) is 0 Å². The lowest BCUT2D eigenvalue weighted by atomic mass is 10.1. The van der Waals surface area contributed by atoms with Crippen LogP contribution in [0.25, 0.3) is 11.1 Å². The minimum absolute atomic E-state index is 0.0140. The number of carbonyl (C=O) groups excluding carboxylic acids is 2. The summed E-state index contributed by atoms with van der Waals surface area (Å²) < 4.78 is 19.1. The van der Waals surface area contributed by atoms with E-state index in [0.717, 1.165) is 23.2 Å². The maximum atomic E-state index is 13.2. The zero-order valence-electron chi connectivity index (χ0n) is 19.3. The van der Waals surface area contributed by atoms with E-state index in [4.69, 9.17) is 4.74 Å². The smallest absolute Gasteiger partial charge is 0.260 e. The van der Waals surface area contributed by atoms with Crippen LogP contribution in [0.4, 0.5) is 4.39 Å². The molecular weight excluding hydrogens is 431 g/mol. The maximum absolute atomic E-state index is 13.2. The molecule has 1 amide bonds. The maximum Gasteiger partial charge on any atom is 0.260 e. The second-order valence-corrected chi connectivity index (χ2v) is 9.14. The number of halogens is 1. The average molecular weight is 459 g/mol. The molecule has 1 aliphatic carbocycles. The molecule has 0 N–H and O–H groups in total. The largest absolute Gasteiger partial charge is 0.483 e. The van der Waals surface area contributed by atoms with Gasteiger partial charge >= 0.3 is 0 Å². The highest BCUT2D eigenvalue weighted by atomic mass is 19.1. The first kappa shape index (κ1) is 22.3. The number of ketones is 1. The van der Waals surface area contributed by atoms with Gasteiger partial charge in [0.15, 0.2) is 12.4 Å². The van der Waals surface area contributed by atoms with Gasteiger partial charge in [0, 0.05) is 37.3 Å². The van der Waals surface area contributed by atoms with Gasteiger partial charge in [0.25, 0.3) is 5.91 Å². The predicted molar refractivity (Wildman–Crippen MR) is 128 cm³/mol. The van der Waals surface area contributed by atoms with Crippen LogP contribution < -0.4 is 4.74 Å². The number of ether oxygens (including phenoxy) is 1. The standard InChI is InChI=1S/C28H27FN2O3/c1-18-15-31(19(2)14-30(18)16-20-10-12-21(29)13-11-20)26(32)17-34-25-9-5-8-23-22-6-3-4-7-24(22)28(33)27(23)25/h3-13,18-19H,14-17H2,1-2H3/t18-,19+/m0/s1. The summed E-state index contributed by atoms with van der Waals surface area (Å²) in [6.45, 7) is 6.03. The normalized spacial score (nSPS) is 19.6. The molecule has 6 heteroatoms. The summed E-state index contributed by atoms with van der Waals surface area (Å²) in [6, 6.07) is 19.8. The topological polar surface area (TPSA) is 49.9 Å². The molecule has 34 heavy (non-hydrogen) atoms. The van der Waals surface area contributed by atoms with E-state index in [9.17, 15) is 14.0 Å². The molecule has 0 unspecified atom stereocenters. The second-order valence-electron chi connectivity index (χ2n) is 9.14. The molecule has 1 saturated heterocycles. The third kappa shape index (κ3) is 4.10. The van der Waals surface area contributed by atoms with E-state index in [-0.39, 0.29) is 36.2 Å². The van der Waals surface area contributed by atoms with E-state index in [1.807, 2.05) is 48.2 Å². The predicted octanol–water partition coefficient (Wildman–Crippen LogP) is 4.54. The molecule has 3 aromatic carbocycles. The Balaban J connectivity index is 1.24. The van der Waals surface area contributed by atoms with Crippen LogP contribution in [-0.2, 0) is 11.3 Å². The van der Waals surface area contributed by atoms with Gasteiger partial charge in [0.05, 0.1) is 5.56 Å². The minimum atomic E-state index is -0.241. The van der Waals surface area contributed by atoms with Crippen LogP contribution in [0.15, 0.2) is 66.7 Å². The molecular formula is C28H27FN2O3. The van der Waals surface area contributed by atoms with E-state index in [1.54, 1.807) is 18.2 Å². The summed E-state index contributed by atoms with van der Waals surface area (Å²) in [5, 5.41) is 0. The van der Waals surface area contributed by atoms with Gasteiger partial charge in [0.1, 0.15) is 11.6 Å². The van der Waals surface area contributed by atoms with E-state index in [0.29, 0.717) is 30.0 Å². The Kier molecular flexibility index (Phi) is 5.92. The molecule has 0 spiro atoms. The lowest BCUT2D eigenvalue weighted by molar-refractivity contribution is -0.139. The monoisotopic (exact) mass is 458 g/mol. The summed E-state index contributed by atoms with van der Waals surface area (Å²) in [5.41, 5.74) is 4.00. The number of nitrogens with zero attached hydrogens (tertiary/aromatic N) is 2. The summed E-state index contributed by atoms with van der Waals surface area (Å²) in [4.78, 5) is 30.2. The third-order valence-electron chi connectivity index (χ3n) is 6.80. The van der Waals surface area contributed by atoms with Crippen molar-refractivity contribution < 1.29 is 18.7 Å². The van der Waals surface area contributed by atoms with Gasteiger partial charge < -0.3 is 9.64 Å². The van der Waals surface area contributed by atoms with Crippen LogP contribution in [0.3, 0.4) is 0 Å². The van der Waals surface area contributed by atoms with Crippen LogP contribution in [0.1, 0.15) is 35.3 Å². The highest BCUT2D eigenvalue weighted by molar-refractivity contribution is 6.23. The number of fused-ring (bicyclic) bond motifs is 3. The molecule has 0 bridgehead atoms. The summed E-state index contributed by atoms with van der Waals surface area (Å²) in [7, 11) is 0. The van der Waals surface area contributed by atoms with Gasteiger partial charge in [-0.05, 0) is 48.7 Å². The van der Waals surface area contributed by atoms with Gasteiger partial charge in [-0.1, -0.05) is 48.5 Å². The Hall–Kier alpha value is -3.51. The van der Waals surface area contributed by atoms with Crippen molar-refractivity contribution in [3.8, 4) is 16.9 Å². The third-order valence-corrected chi connectivity index (χ3v) is 6.80. The van der Waals surface area contributed by atoms with E-state index < -0.39 is 0 Å². The summed E-state index contributed by atoms with van der Waals surface area (Å²) in [5.74, 6) is 0.0457. The van der Waals surface area contributed by atoms with Crippen LogP contribution >= 0.6 is 0 Å². The Bertz CT molecular complexity index is 1240. The average Bonchev–Trinajstić information content (AvgIpc) is 3.14. The van der Waals surface area contributed by atoms with Crippen molar-refractivity contribution in [2.75, 3.05) is 19.7 Å². The Labute approximate surface area is 198 Å². The number of rotatable bonds is 5. The van der Waals surface area contributed by atoms with Gasteiger partial charge in [0.2, 0.25) is 0 Å². The Morgan fingerprint density at radius 3 is 2.38 bits per heavy atom. The fourth-order valence-electron chi connectivity index (χ4n) is 4.97. The van der Waals surface area contributed by atoms with Gasteiger partial charge in [-0.15, -0.1) is 0 Å². The zero-order valence-corrected chi connectivity index (χ0v) is 19.3. The number of hydrogen-bond acceptors (Lipinski definition) is 4. The van der Waals surface area contributed by atoms with Crippen molar-refractivity contribution >= 4 is 11.7 Å². The van der Waals surface area contributed by atoms with Crippen LogP contribution in [0, 0.1) is 5.82 Å². The van der Waals surface area contributed by atoms with Crippen molar-refractivity contribution in [1.29, 1.82) is 0 Å². The number of hydrogen-bond donors (Lipinski definition) is 0. The molecule has 2 atom stereocenters. The van der Waals surface area contributed by atoms with E-state index >= 15 is 0 Å². The van der Waals surface area contributed by atoms with Crippen LogP contribution in [0.5, 0.6) is 5.75 Å². The molecule has 0 aromatic heterocycles. The lowest BCUT2D eigenvalue weighted by Gasteiger charge is -2.44. The first-order valence-electron chi connectivity index (χ1n) is 11.6. The first-order valence-corrected chi connectivity index (χ1v) is 11.6.